The van der Waals surface area contributed by atoms with Crippen LogP contribution in [0.1, 0.15) is 112 Å². The Hall–Kier alpha value is -2.34. The molecule has 0 heterocycles. The van der Waals surface area contributed by atoms with Crippen molar-refractivity contribution in [2.75, 3.05) is 6.61 Å². The van der Waals surface area contributed by atoms with Gasteiger partial charge in [-0.25, -0.2) is 13.2 Å². The Morgan fingerprint density at radius 2 is 1.24 bits per heavy atom. The lowest BCUT2D eigenvalue weighted by atomic mass is 9.74. The number of aliphatic hydroxyl groups is 1. The minimum atomic E-state index is -0.980. The van der Waals surface area contributed by atoms with Gasteiger partial charge in [0.15, 0.2) is 23.2 Å². The van der Waals surface area contributed by atoms with Crippen molar-refractivity contribution in [2.45, 2.75) is 101 Å². The van der Waals surface area contributed by atoms with Crippen LogP contribution >= 0.6 is 0 Å². The minimum Gasteiger partial charge on any atom is -0.490 e. The third-order valence-electron chi connectivity index (χ3n) is 8.75. The summed E-state index contributed by atoms with van der Waals surface area (Å²) in [5, 5.41) is 10.3. The van der Waals surface area contributed by atoms with Crippen molar-refractivity contribution in [1.29, 1.82) is 0 Å². The molecule has 0 radical (unpaired) electrons. The van der Waals surface area contributed by atoms with Crippen molar-refractivity contribution in [3.63, 3.8) is 0 Å². The summed E-state index contributed by atoms with van der Waals surface area (Å²) in [5.74, 6) is -3.59. The molecule has 1 N–H and O–H groups in total. The average molecular weight is 533 g/mol. The molecule has 4 rings (SSSR count). The second kappa shape index (κ2) is 13.1. The van der Waals surface area contributed by atoms with Crippen LogP contribution in [0.3, 0.4) is 0 Å². The Balaban J connectivity index is 1.38. The van der Waals surface area contributed by atoms with Crippen molar-refractivity contribution in [1.82, 2.24) is 0 Å². The maximum Gasteiger partial charge on any atom is 0.200 e. The summed E-state index contributed by atoms with van der Waals surface area (Å²) < 4.78 is 65.2. The van der Waals surface area contributed by atoms with Crippen LogP contribution in [0, 0.1) is 29.2 Å². The van der Waals surface area contributed by atoms with Crippen LogP contribution in [0.4, 0.5) is 17.6 Å². The van der Waals surface area contributed by atoms with Crippen LogP contribution in [-0.4, -0.2) is 17.8 Å². The normalized spacial score (nSPS) is 24.7. The first kappa shape index (κ1) is 28.7. The van der Waals surface area contributed by atoms with E-state index in [4.69, 9.17) is 4.74 Å². The van der Waals surface area contributed by atoms with E-state index in [1.807, 2.05) is 0 Å². The highest BCUT2D eigenvalue weighted by atomic mass is 19.2. The predicted octanol–water partition coefficient (Wildman–Crippen LogP) is 9.07. The van der Waals surface area contributed by atoms with Crippen LogP contribution in [0.5, 0.6) is 5.75 Å². The first-order valence-electron chi connectivity index (χ1n) is 14.2. The number of hydrogen-bond acceptors (Lipinski definition) is 2. The number of rotatable bonds is 10. The molecule has 2 aliphatic carbocycles. The molecule has 2 aromatic rings. The maximum absolute atomic E-state index is 15.3. The first-order valence-corrected chi connectivity index (χ1v) is 14.2. The molecule has 0 saturated heterocycles. The van der Waals surface area contributed by atoms with Crippen LogP contribution in [0.2, 0.25) is 0 Å². The molecule has 1 unspecified atom stereocenters. The lowest BCUT2D eigenvalue weighted by molar-refractivity contribution is 0.0727. The molecule has 38 heavy (non-hydrogen) atoms. The van der Waals surface area contributed by atoms with E-state index in [-0.39, 0.29) is 42.1 Å². The molecule has 6 heteroatoms. The molecule has 0 spiro atoms. The van der Waals surface area contributed by atoms with Gasteiger partial charge < -0.3 is 9.84 Å². The molecule has 1 atom stereocenters. The van der Waals surface area contributed by atoms with Gasteiger partial charge in [0, 0.05) is 0 Å². The number of ether oxygens (including phenoxy) is 1. The molecule has 0 bridgehead atoms. The van der Waals surface area contributed by atoms with Gasteiger partial charge in [0.2, 0.25) is 5.82 Å². The van der Waals surface area contributed by atoms with Crippen LogP contribution in [0.15, 0.2) is 36.9 Å². The standard InChI is InChI=1S/C32H40F4O2/c1-3-5-19-38-28-18-17-26(31(35)32(28)36)21-9-7-20(8-10-21)24-15-16-25(30(34)29(24)33)22-11-13-23(14-12-22)27(37)6-4-2/h3,15-18,20-23,27,37H,1,4-14,19H2,2H3. The third kappa shape index (κ3) is 6.27. The lowest BCUT2D eigenvalue weighted by Crippen LogP contribution is -2.25. The molecule has 2 nitrogen and oxygen atoms in total. The molecule has 208 valence electrons. The highest BCUT2D eigenvalue weighted by Gasteiger charge is 2.32. The van der Waals surface area contributed by atoms with Gasteiger partial charge >= 0.3 is 0 Å². The molecule has 0 aliphatic heterocycles. The van der Waals surface area contributed by atoms with Crippen molar-refractivity contribution < 1.29 is 27.4 Å². The largest absolute Gasteiger partial charge is 0.490 e. The van der Waals surface area contributed by atoms with Crippen LogP contribution in [-0.2, 0) is 0 Å². The number of benzene rings is 2. The Bertz CT molecular complexity index is 1090. The fourth-order valence-corrected chi connectivity index (χ4v) is 6.50. The molecule has 2 aromatic carbocycles. The Kier molecular flexibility index (Phi) is 9.91. The molecule has 0 aromatic heterocycles. The van der Waals surface area contributed by atoms with Gasteiger partial charge in [0.25, 0.3) is 0 Å². The van der Waals surface area contributed by atoms with E-state index >= 15 is 8.78 Å². The van der Waals surface area contributed by atoms with Crippen molar-refractivity contribution >= 4 is 0 Å². The van der Waals surface area contributed by atoms with Gasteiger partial charge in [-0.15, -0.1) is 6.58 Å². The SMILES string of the molecule is C=CCCOc1ccc(C2CCC(c3ccc(C4CCC(C(O)CCC)CC4)c(F)c3F)CC2)c(F)c1F. The van der Waals surface area contributed by atoms with E-state index < -0.39 is 23.3 Å². The fourth-order valence-electron chi connectivity index (χ4n) is 6.50. The zero-order valence-electron chi connectivity index (χ0n) is 22.3. The van der Waals surface area contributed by atoms with Crippen LogP contribution < -0.4 is 4.74 Å². The van der Waals surface area contributed by atoms with E-state index in [1.54, 1.807) is 24.3 Å². The van der Waals surface area contributed by atoms with Crippen molar-refractivity contribution in [2.24, 2.45) is 5.92 Å². The molecule has 2 aliphatic rings. The lowest BCUT2D eigenvalue weighted by Gasteiger charge is -2.32. The van der Waals surface area contributed by atoms with Crippen molar-refractivity contribution in [3.8, 4) is 5.75 Å². The summed E-state index contributed by atoms with van der Waals surface area (Å²) in [6, 6.07) is 6.52. The Labute approximate surface area is 224 Å². The first-order chi connectivity index (χ1) is 18.3. The molecular formula is C32H40F4O2. The van der Waals surface area contributed by atoms with Gasteiger partial charge in [-0.05, 0) is 111 Å². The molecule has 2 fully saturated rings. The fraction of sp³-hybridized carbons (Fsp3) is 0.562. The molecule has 0 amide bonds. The van der Waals surface area contributed by atoms with Gasteiger partial charge in [-0.3, -0.25) is 0 Å². The van der Waals surface area contributed by atoms with Gasteiger partial charge in [0.05, 0.1) is 12.7 Å². The smallest absolute Gasteiger partial charge is 0.200 e. The summed E-state index contributed by atoms with van der Waals surface area (Å²) >= 11 is 0. The monoisotopic (exact) mass is 532 g/mol. The third-order valence-corrected chi connectivity index (χ3v) is 8.75. The topological polar surface area (TPSA) is 29.5 Å². The Morgan fingerprint density at radius 3 is 1.71 bits per heavy atom. The predicted molar refractivity (Wildman–Crippen MR) is 143 cm³/mol. The summed E-state index contributed by atoms with van der Waals surface area (Å²) in [5.41, 5.74) is 1.14. The summed E-state index contributed by atoms with van der Waals surface area (Å²) in [6.45, 7) is 5.87. The van der Waals surface area contributed by atoms with Gasteiger partial charge in [-0.1, -0.05) is 37.6 Å². The summed E-state index contributed by atoms with van der Waals surface area (Å²) in [7, 11) is 0. The second-order valence-corrected chi connectivity index (χ2v) is 11.1. The summed E-state index contributed by atoms with van der Waals surface area (Å²) in [4.78, 5) is 0. The zero-order valence-corrected chi connectivity index (χ0v) is 22.3. The van der Waals surface area contributed by atoms with Crippen LogP contribution in [0.25, 0.3) is 0 Å². The highest BCUT2D eigenvalue weighted by molar-refractivity contribution is 5.35. The highest BCUT2D eigenvalue weighted by Crippen LogP contribution is 2.45. The van der Waals surface area contributed by atoms with Crippen molar-refractivity contribution in [3.05, 3.63) is 76.9 Å². The Morgan fingerprint density at radius 1 is 0.789 bits per heavy atom. The quantitative estimate of drug-likeness (QED) is 0.188. The number of aliphatic hydroxyl groups excluding tert-OH is 1. The van der Waals surface area contributed by atoms with E-state index in [2.05, 4.69) is 13.5 Å². The second-order valence-electron chi connectivity index (χ2n) is 11.1. The van der Waals surface area contributed by atoms with E-state index in [1.165, 1.54) is 6.07 Å². The van der Waals surface area contributed by atoms with Gasteiger partial charge in [-0.2, -0.15) is 4.39 Å². The minimum absolute atomic E-state index is 0.0269. The summed E-state index contributed by atoms with van der Waals surface area (Å²) in [6.07, 6.45) is 9.09. The van der Waals surface area contributed by atoms with E-state index in [9.17, 15) is 13.9 Å². The molecule has 2 saturated carbocycles. The number of hydrogen-bond donors (Lipinski definition) is 1. The average Bonchev–Trinajstić information content (AvgIpc) is 2.93. The number of halogens is 4. The van der Waals surface area contributed by atoms with E-state index in [0.717, 1.165) is 38.5 Å². The van der Waals surface area contributed by atoms with Gasteiger partial charge in [0.1, 0.15) is 0 Å². The maximum atomic E-state index is 15.3. The molecular weight excluding hydrogens is 492 g/mol. The zero-order chi connectivity index (χ0) is 27.2. The van der Waals surface area contributed by atoms with E-state index in [0.29, 0.717) is 48.8 Å².